The third-order valence-corrected chi connectivity index (χ3v) is 8.44. The number of rotatable bonds is 10. The van der Waals surface area contributed by atoms with Gasteiger partial charge in [0.25, 0.3) is 5.91 Å². The van der Waals surface area contributed by atoms with Crippen molar-refractivity contribution in [3.63, 3.8) is 0 Å². The molecule has 1 aliphatic carbocycles. The van der Waals surface area contributed by atoms with Gasteiger partial charge in [-0.05, 0) is 60.5 Å². The zero-order valence-corrected chi connectivity index (χ0v) is 21.8. The molecule has 3 aromatic heterocycles. The zero-order chi connectivity index (χ0) is 24.4. The largest absolute Gasteiger partial charge is 0.467 e. The smallest absolute Gasteiger partial charge is 0.266 e. The van der Waals surface area contributed by atoms with E-state index in [0.29, 0.717) is 53.5 Å². The summed E-state index contributed by atoms with van der Waals surface area (Å²) in [5.74, 6) is 3.54. The Morgan fingerprint density at radius 1 is 1.23 bits per heavy atom. The highest BCUT2D eigenvalue weighted by Crippen LogP contribution is 2.47. The Labute approximate surface area is 218 Å². The van der Waals surface area contributed by atoms with E-state index in [1.165, 1.54) is 11.8 Å². The van der Waals surface area contributed by atoms with Crippen molar-refractivity contribution in [2.45, 2.75) is 45.2 Å². The number of hydrogen-bond donors (Lipinski definition) is 0. The van der Waals surface area contributed by atoms with Gasteiger partial charge in [0.05, 0.1) is 24.3 Å². The Morgan fingerprint density at radius 3 is 2.77 bits per heavy atom. The second-order valence-electron chi connectivity index (χ2n) is 8.91. The quantitative estimate of drug-likeness (QED) is 0.229. The van der Waals surface area contributed by atoms with E-state index >= 15 is 0 Å². The molecule has 2 amide bonds. The minimum Gasteiger partial charge on any atom is -0.467 e. The van der Waals surface area contributed by atoms with E-state index in [-0.39, 0.29) is 11.8 Å². The lowest BCUT2D eigenvalue weighted by molar-refractivity contribution is -0.133. The summed E-state index contributed by atoms with van der Waals surface area (Å²) in [4.78, 5) is 31.0. The molecule has 182 valence electrons. The molecule has 9 heteroatoms. The van der Waals surface area contributed by atoms with Crippen LogP contribution >= 0.6 is 35.3 Å². The van der Waals surface area contributed by atoms with Crippen molar-refractivity contribution in [2.75, 3.05) is 6.54 Å². The molecule has 0 bridgehead atoms. The average molecular weight is 527 g/mol. The summed E-state index contributed by atoms with van der Waals surface area (Å²) in [7, 11) is 0. The molecule has 2 aliphatic rings. The first-order valence-electron chi connectivity index (χ1n) is 11.7. The third kappa shape index (κ3) is 5.79. The molecule has 1 saturated heterocycles. The molecule has 2 unspecified atom stereocenters. The number of nitrogens with zero attached hydrogens (tertiary/aromatic N) is 2. The highest BCUT2D eigenvalue weighted by Gasteiger charge is 2.37. The average Bonchev–Trinajstić information content (AvgIpc) is 3.39. The lowest BCUT2D eigenvalue weighted by Crippen LogP contribution is -2.32. The fourth-order valence-corrected chi connectivity index (χ4v) is 6.18. The Morgan fingerprint density at radius 2 is 2.06 bits per heavy atom. The number of carbonyl (C=O) groups is 2. The first-order chi connectivity index (χ1) is 17.0. The number of hydrogen-bond acceptors (Lipinski definition) is 7. The summed E-state index contributed by atoms with van der Waals surface area (Å²) in [5.41, 5.74) is 0. The van der Waals surface area contributed by atoms with Gasteiger partial charge in [-0.1, -0.05) is 37.0 Å². The van der Waals surface area contributed by atoms with E-state index in [9.17, 15) is 9.59 Å². The molecule has 35 heavy (non-hydrogen) atoms. The van der Waals surface area contributed by atoms with Gasteiger partial charge in [0, 0.05) is 23.8 Å². The van der Waals surface area contributed by atoms with Gasteiger partial charge in [-0.15, -0.1) is 11.3 Å². The minimum atomic E-state index is -0.0919. The normalized spacial score (nSPS) is 20.7. The predicted molar refractivity (Wildman–Crippen MR) is 142 cm³/mol. The van der Waals surface area contributed by atoms with Crippen molar-refractivity contribution in [3.05, 3.63) is 75.1 Å². The van der Waals surface area contributed by atoms with Gasteiger partial charge in [-0.25, -0.2) is 0 Å². The van der Waals surface area contributed by atoms with E-state index in [1.54, 1.807) is 27.4 Å². The Hall–Kier alpha value is -2.62. The molecule has 0 N–H and O–H groups in total. The van der Waals surface area contributed by atoms with Crippen LogP contribution in [0.25, 0.3) is 6.08 Å². The molecule has 2 fully saturated rings. The number of carbonyl (C=O) groups excluding carboxylic acids is 2. The van der Waals surface area contributed by atoms with Crippen LogP contribution in [-0.4, -0.2) is 32.5 Å². The molecule has 2 atom stereocenters. The Bertz CT molecular complexity index is 1230. The third-order valence-electron chi connectivity index (χ3n) is 6.25. The molecule has 1 saturated carbocycles. The van der Waals surface area contributed by atoms with Crippen molar-refractivity contribution in [1.29, 1.82) is 0 Å². The fraction of sp³-hybridized carbons (Fsp3) is 0.346. The van der Waals surface area contributed by atoms with Crippen LogP contribution in [0.3, 0.4) is 0 Å². The highest BCUT2D eigenvalue weighted by atomic mass is 32.2. The van der Waals surface area contributed by atoms with E-state index in [4.69, 9.17) is 21.1 Å². The topological polar surface area (TPSA) is 66.9 Å². The molecule has 5 rings (SSSR count). The highest BCUT2D eigenvalue weighted by molar-refractivity contribution is 8.26. The summed E-state index contributed by atoms with van der Waals surface area (Å²) < 4.78 is 12.1. The SMILES string of the molecule is CC1CC1c1ccc(CN(Cc2ccco2)C(=O)CCCN2C(=O)/C(=C/c3cccs3)SC2=S)o1. The summed E-state index contributed by atoms with van der Waals surface area (Å²) in [6.07, 6.45) is 5.46. The van der Waals surface area contributed by atoms with Gasteiger partial charge in [0.15, 0.2) is 0 Å². The van der Waals surface area contributed by atoms with Crippen LogP contribution in [0.2, 0.25) is 0 Å². The number of thioether (sulfide) groups is 1. The van der Waals surface area contributed by atoms with E-state index in [2.05, 4.69) is 6.92 Å². The van der Waals surface area contributed by atoms with Crippen molar-refractivity contribution in [1.82, 2.24) is 9.80 Å². The fourth-order valence-electron chi connectivity index (χ4n) is 4.15. The van der Waals surface area contributed by atoms with Crippen LogP contribution in [0.5, 0.6) is 0 Å². The van der Waals surface area contributed by atoms with Crippen molar-refractivity contribution in [3.8, 4) is 0 Å². The zero-order valence-electron chi connectivity index (χ0n) is 19.3. The molecule has 1 aliphatic heterocycles. The van der Waals surface area contributed by atoms with Crippen LogP contribution in [-0.2, 0) is 22.7 Å². The standard InChI is InChI=1S/C26H26N2O4S3/c1-17-13-21(17)22-9-8-19(32-22)16-27(15-18-5-3-11-31-18)24(29)7-2-10-28-25(30)23(35-26(28)33)14-20-6-4-12-34-20/h3-6,8-9,11-12,14,17,21H,2,7,10,13,15-16H2,1H3/b23-14-. The van der Waals surface area contributed by atoms with Gasteiger partial charge in [0.1, 0.15) is 21.6 Å². The number of amides is 2. The molecule has 0 radical (unpaired) electrons. The summed E-state index contributed by atoms with van der Waals surface area (Å²) >= 11 is 8.32. The molecule has 0 spiro atoms. The lowest BCUT2D eigenvalue weighted by atomic mass is 10.2. The minimum absolute atomic E-state index is 0.0151. The van der Waals surface area contributed by atoms with Gasteiger partial charge in [0.2, 0.25) is 5.91 Å². The van der Waals surface area contributed by atoms with Gasteiger partial charge < -0.3 is 13.7 Å². The maximum atomic E-state index is 13.2. The maximum absolute atomic E-state index is 13.2. The van der Waals surface area contributed by atoms with E-state index < -0.39 is 0 Å². The first kappa shape index (κ1) is 24.1. The van der Waals surface area contributed by atoms with Crippen LogP contribution < -0.4 is 0 Å². The molecule has 0 aromatic carbocycles. The molecule has 4 heterocycles. The van der Waals surface area contributed by atoms with Crippen molar-refractivity contribution >= 4 is 57.5 Å². The Balaban J connectivity index is 1.19. The molecule has 3 aromatic rings. The number of thiocarbonyl (C=S) groups is 1. The summed E-state index contributed by atoms with van der Waals surface area (Å²) in [6, 6.07) is 11.6. The first-order valence-corrected chi connectivity index (χ1v) is 13.8. The van der Waals surface area contributed by atoms with Gasteiger partial charge >= 0.3 is 0 Å². The Kier molecular flexibility index (Phi) is 7.27. The van der Waals surface area contributed by atoms with Crippen LogP contribution in [0.15, 0.2) is 61.8 Å². The predicted octanol–water partition coefficient (Wildman–Crippen LogP) is 6.27. The number of furan rings is 2. The maximum Gasteiger partial charge on any atom is 0.266 e. The van der Waals surface area contributed by atoms with Gasteiger partial charge in [-0.2, -0.15) is 0 Å². The number of thiophene rings is 1. The molecular weight excluding hydrogens is 500 g/mol. The van der Waals surface area contributed by atoms with Crippen molar-refractivity contribution < 1.29 is 18.4 Å². The van der Waals surface area contributed by atoms with Crippen LogP contribution in [0.4, 0.5) is 0 Å². The second kappa shape index (κ2) is 10.6. The lowest BCUT2D eigenvalue weighted by Gasteiger charge is -2.21. The molecular formula is C26H26N2O4S3. The summed E-state index contributed by atoms with van der Waals surface area (Å²) in [6.45, 7) is 3.38. The molecule has 6 nitrogen and oxygen atoms in total. The van der Waals surface area contributed by atoms with E-state index in [0.717, 1.165) is 28.6 Å². The second-order valence-corrected chi connectivity index (χ2v) is 11.6. The summed E-state index contributed by atoms with van der Waals surface area (Å²) in [5, 5.41) is 1.97. The van der Waals surface area contributed by atoms with Crippen LogP contribution in [0.1, 0.15) is 54.3 Å². The van der Waals surface area contributed by atoms with E-state index in [1.807, 2.05) is 47.9 Å². The van der Waals surface area contributed by atoms with Crippen LogP contribution in [0, 0.1) is 5.92 Å². The van der Waals surface area contributed by atoms with Gasteiger partial charge in [-0.3, -0.25) is 14.5 Å². The monoisotopic (exact) mass is 526 g/mol. The van der Waals surface area contributed by atoms with Crippen molar-refractivity contribution in [2.24, 2.45) is 5.92 Å².